The van der Waals surface area contributed by atoms with Crippen molar-refractivity contribution in [3.05, 3.63) is 9.75 Å². The Morgan fingerprint density at radius 1 is 1.00 bits per heavy atom. The molecule has 2 N–H and O–H groups in total. The Balaban J connectivity index is -0.000000281. The Hall–Kier alpha value is 0.240. The molecular weight excluding hydrogens is 270 g/mol. The van der Waals surface area contributed by atoms with Crippen LogP contribution in [0.15, 0.2) is 0 Å². The number of carbonyl (C=O) groups excluding carboxylic acids is 2. The van der Waals surface area contributed by atoms with Crippen molar-refractivity contribution < 1.29 is 91.2 Å². The van der Waals surface area contributed by atoms with Crippen LogP contribution in [0, 0.1) is 0 Å². The van der Waals surface area contributed by atoms with Gasteiger partial charge in [-0.05, 0) is 0 Å². The van der Waals surface area contributed by atoms with E-state index < -0.39 is 23.4 Å². The van der Waals surface area contributed by atoms with Gasteiger partial charge in [-0.15, -0.1) is 11.3 Å². The van der Waals surface area contributed by atoms with Crippen molar-refractivity contribution in [2.24, 2.45) is 0 Å². The van der Waals surface area contributed by atoms with Crippen molar-refractivity contribution in [3.8, 4) is 11.5 Å². The van der Waals surface area contributed by atoms with Gasteiger partial charge in [0.1, 0.15) is 0 Å². The molecule has 6 nitrogen and oxygen atoms in total. The molecule has 86 valence electrons. The molecule has 0 saturated heterocycles. The number of methoxy groups -OCH3 is 2. The molecule has 0 fully saturated rings. The maximum Gasteiger partial charge on any atom is 1.00 e. The zero-order valence-corrected chi connectivity index (χ0v) is 14.8. The van der Waals surface area contributed by atoms with Crippen LogP contribution >= 0.6 is 11.3 Å². The van der Waals surface area contributed by atoms with Crippen molar-refractivity contribution in [2.45, 2.75) is 0 Å². The quantitative estimate of drug-likeness (QED) is 0.416. The Labute approximate surface area is 148 Å². The van der Waals surface area contributed by atoms with E-state index in [-0.39, 0.29) is 71.7 Å². The van der Waals surface area contributed by atoms with Gasteiger partial charge in [0.05, 0.1) is 14.2 Å². The Kier molecular flexibility index (Phi) is 9.63. The van der Waals surface area contributed by atoms with Crippen molar-refractivity contribution in [2.75, 3.05) is 14.2 Å². The van der Waals surface area contributed by atoms with Gasteiger partial charge in [0, 0.05) is 0 Å². The minimum Gasteiger partial charge on any atom is -1.00 e. The van der Waals surface area contributed by atoms with E-state index >= 15 is 0 Å². The van der Waals surface area contributed by atoms with Gasteiger partial charge in [-0.2, -0.15) is 0 Å². The predicted octanol–water partition coefficient (Wildman–Crippen LogP) is -5.03. The Morgan fingerprint density at radius 2 is 1.29 bits per heavy atom. The van der Waals surface area contributed by atoms with Gasteiger partial charge in [0.15, 0.2) is 21.3 Å². The molecule has 0 aliphatic rings. The monoisotopic (exact) mass is 280 g/mol. The number of carbonyl (C=O) groups is 2. The van der Waals surface area contributed by atoms with E-state index in [1.807, 2.05) is 0 Å². The molecule has 0 radical (unpaired) electrons. The van der Waals surface area contributed by atoms with Crippen molar-refractivity contribution in [1.29, 1.82) is 0 Å². The molecule has 9 heteroatoms. The second kappa shape index (κ2) is 8.36. The summed E-state index contributed by atoms with van der Waals surface area (Å²) in [5.74, 6) is -3.01. The SMILES string of the molecule is COC(=O)c1sc(C(=O)OC)c(O)c1O.[H-].[H-].[Na+].[Na+]. The summed E-state index contributed by atoms with van der Waals surface area (Å²) in [5.41, 5.74) is 0. The number of ether oxygens (including phenoxy) is 2. The summed E-state index contributed by atoms with van der Waals surface area (Å²) in [6.45, 7) is 0. The van der Waals surface area contributed by atoms with E-state index in [9.17, 15) is 19.8 Å². The number of hydrogen-bond donors (Lipinski definition) is 2. The molecule has 1 aromatic heterocycles. The molecule has 17 heavy (non-hydrogen) atoms. The van der Waals surface area contributed by atoms with Crippen LogP contribution in [0.5, 0.6) is 11.5 Å². The molecule has 0 amide bonds. The first-order valence-electron chi connectivity index (χ1n) is 3.74. The van der Waals surface area contributed by atoms with E-state index in [1.165, 1.54) is 0 Å². The fourth-order valence-electron chi connectivity index (χ4n) is 0.876. The molecule has 1 rings (SSSR count). The van der Waals surface area contributed by atoms with Crippen LogP contribution in [0.25, 0.3) is 0 Å². The van der Waals surface area contributed by atoms with Gasteiger partial charge in [0.2, 0.25) is 0 Å². The first-order valence-corrected chi connectivity index (χ1v) is 4.55. The molecule has 0 aliphatic heterocycles. The first-order chi connectivity index (χ1) is 7.02. The third-order valence-electron chi connectivity index (χ3n) is 1.60. The zero-order valence-electron chi connectivity index (χ0n) is 11.9. The summed E-state index contributed by atoms with van der Waals surface area (Å²) < 4.78 is 8.69. The fourth-order valence-corrected chi connectivity index (χ4v) is 1.80. The van der Waals surface area contributed by atoms with Gasteiger partial charge in [-0.3, -0.25) is 0 Å². The normalized spacial score (nSPS) is 8.59. The second-order valence-electron chi connectivity index (χ2n) is 2.44. The summed E-state index contributed by atoms with van der Waals surface area (Å²) in [5, 5.41) is 18.6. The minimum absolute atomic E-state index is 0. The zero-order chi connectivity index (χ0) is 11.6. The predicted molar refractivity (Wildman–Crippen MR) is 52.6 cm³/mol. The van der Waals surface area contributed by atoms with Crippen LogP contribution in [0.2, 0.25) is 0 Å². The molecule has 0 spiro atoms. The molecule has 0 aromatic carbocycles. The molecule has 0 aliphatic carbocycles. The molecule has 1 heterocycles. The van der Waals surface area contributed by atoms with Crippen LogP contribution in [0.4, 0.5) is 0 Å². The van der Waals surface area contributed by atoms with E-state index in [0.717, 1.165) is 14.2 Å². The average Bonchev–Trinajstić information content (AvgIpc) is 2.54. The topological polar surface area (TPSA) is 93.1 Å². The molecule has 1 aromatic rings. The second-order valence-corrected chi connectivity index (χ2v) is 3.46. The number of aromatic hydroxyl groups is 2. The summed E-state index contributed by atoms with van der Waals surface area (Å²) in [4.78, 5) is 21.7. The average molecular weight is 280 g/mol. The van der Waals surface area contributed by atoms with E-state index in [0.29, 0.717) is 11.3 Å². The van der Waals surface area contributed by atoms with Crippen molar-refractivity contribution >= 4 is 23.3 Å². The Bertz CT molecular complexity index is 389. The van der Waals surface area contributed by atoms with Gasteiger partial charge in [0.25, 0.3) is 0 Å². The number of esters is 2. The maximum absolute atomic E-state index is 11.1. The standard InChI is InChI=1S/C8H8O6S.2Na.2H/c1-13-7(11)5-3(9)4(10)6(15-5)8(12)14-2;;;;/h9-10H,1-2H3;;;;/q;2*+1;2*-1. The van der Waals surface area contributed by atoms with E-state index in [4.69, 9.17) is 0 Å². The summed E-state index contributed by atoms with van der Waals surface area (Å²) in [6.07, 6.45) is 0. The summed E-state index contributed by atoms with van der Waals surface area (Å²) >= 11 is 0.602. The van der Waals surface area contributed by atoms with Crippen molar-refractivity contribution in [1.82, 2.24) is 0 Å². The van der Waals surface area contributed by atoms with Crippen molar-refractivity contribution in [3.63, 3.8) is 0 Å². The van der Waals surface area contributed by atoms with Crippen LogP contribution in [0.1, 0.15) is 22.2 Å². The molecule has 0 unspecified atom stereocenters. The number of rotatable bonds is 2. The smallest absolute Gasteiger partial charge is 1.00 e. The molecule has 0 atom stereocenters. The van der Waals surface area contributed by atoms with Crippen LogP contribution in [-0.4, -0.2) is 36.4 Å². The van der Waals surface area contributed by atoms with Crippen LogP contribution in [0.3, 0.4) is 0 Å². The van der Waals surface area contributed by atoms with Gasteiger partial charge >= 0.3 is 71.1 Å². The summed E-state index contributed by atoms with van der Waals surface area (Å²) in [7, 11) is 2.24. The maximum atomic E-state index is 11.1. The van der Waals surface area contributed by atoms with Gasteiger partial charge in [-0.25, -0.2) is 9.59 Å². The molecule has 0 saturated carbocycles. The fraction of sp³-hybridized carbons (Fsp3) is 0.250. The number of thiophene rings is 1. The van der Waals surface area contributed by atoms with E-state index in [1.54, 1.807) is 0 Å². The van der Waals surface area contributed by atoms with Crippen LogP contribution < -0.4 is 59.1 Å². The number of hydrogen-bond acceptors (Lipinski definition) is 7. The van der Waals surface area contributed by atoms with Crippen LogP contribution in [-0.2, 0) is 9.47 Å². The molecular formula is C8H10Na2O6S. The third kappa shape index (κ3) is 4.13. The minimum atomic E-state index is -0.831. The molecule has 0 bridgehead atoms. The largest absolute Gasteiger partial charge is 1.00 e. The third-order valence-corrected chi connectivity index (χ3v) is 2.73. The summed E-state index contributed by atoms with van der Waals surface area (Å²) in [6, 6.07) is 0. The first kappa shape index (κ1) is 19.6. The Morgan fingerprint density at radius 3 is 1.53 bits per heavy atom. The van der Waals surface area contributed by atoms with Gasteiger partial charge in [-0.1, -0.05) is 0 Å². The van der Waals surface area contributed by atoms with Gasteiger partial charge < -0.3 is 22.5 Å². The van der Waals surface area contributed by atoms with E-state index in [2.05, 4.69) is 9.47 Å².